The second kappa shape index (κ2) is 5.20. The van der Waals surface area contributed by atoms with Crippen LogP contribution in [0.25, 0.3) is 0 Å². The van der Waals surface area contributed by atoms with Crippen LogP contribution in [0.2, 0.25) is 0 Å². The van der Waals surface area contributed by atoms with Gasteiger partial charge in [-0.3, -0.25) is 0 Å². The van der Waals surface area contributed by atoms with Gasteiger partial charge in [-0.1, -0.05) is 33.6 Å². The Morgan fingerprint density at radius 3 is 2.00 bits per heavy atom. The molecule has 0 radical (unpaired) electrons. The van der Waals surface area contributed by atoms with E-state index >= 15 is 0 Å². The first-order chi connectivity index (χ1) is 5.71. The second-order valence-corrected chi connectivity index (χ2v) is 7.51. The molecule has 0 atom stereocenters. The van der Waals surface area contributed by atoms with Crippen LogP contribution in [0.15, 0.2) is 0 Å². The number of rotatable bonds is 5. The van der Waals surface area contributed by atoms with Gasteiger partial charge < -0.3 is 0 Å². The Labute approximate surface area is 86.1 Å². The monoisotopic (exact) mass is 226 g/mol. The minimum atomic E-state index is -3.27. The molecule has 0 spiro atoms. The van der Waals surface area contributed by atoms with Gasteiger partial charge in [-0.25, -0.2) is 8.42 Å². The van der Waals surface area contributed by atoms with Crippen LogP contribution in [0.5, 0.6) is 0 Å². The van der Waals surface area contributed by atoms with Crippen LogP contribution in [0, 0.1) is 5.41 Å². The number of hydrogen-bond acceptors (Lipinski definition) is 2. The van der Waals surface area contributed by atoms with E-state index in [9.17, 15) is 8.42 Å². The molecular weight excluding hydrogens is 208 g/mol. The van der Waals surface area contributed by atoms with Gasteiger partial charge in [0.15, 0.2) is 0 Å². The molecule has 0 aliphatic rings. The molecule has 0 bridgehead atoms. The van der Waals surface area contributed by atoms with E-state index in [2.05, 4.69) is 20.8 Å². The normalized spacial score (nSPS) is 13.2. The van der Waals surface area contributed by atoms with Crippen molar-refractivity contribution in [3.05, 3.63) is 0 Å². The van der Waals surface area contributed by atoms with Gasteiger partial charge in [0.05, 0.1) is 5.75 Å². The summed E-state index contributed by atoms with van der Waals surface area (Å²) in [5.74, 6) is 0.110. The van der Waals surface area contributed by atoms with Crippen molar-refractivity contribution in [1.82, 2.24) is 0 Å². The highest BCUT2D eigenvalue weighted by Gasteiger charge is 2.09. The molecule has 0 fully saturated rings. The Bertz CT molecular complexity index is 226. The first-order valence-corrected chi connectivity index (χ1v) is 7.11. The maximum absolute atomic E-state index is 10.6. The highest BCUT2D eigenvalue weighted by atomic mass is 35.7. The molecular formula is C9H19ClO2S. The van der Waals surface area contributed by atoms with Crippen LogP contribution in [-0.4, -0.2) is 14.2 Å². The fourth-order valence-corrected chi connectivity index (χ4v) is 1.98. The highest BCUT2D eigenvalue weighted by molar-refractivity contribution is 8.13. The van der Waals surface area contributed by atoms with Crippen molar-refractivity contribution in [3.8, 4) is 0 Å². The third-order valence-electron chi connectivity index (χ3n) is 1.81. The Morgan fingerprint density at radius 1 is 1.08 bits per heavy atom. The first kappa shape index (κ1) is 13.2. The molecule has 13 heavy (non-hydrogen) atoms. The van der Waals surface area contributed by atoms with Crippen LogP contribution >= 0.6 is 10.7 Å². The lowest BCUT2D eigenvalue weighted by molar-refractivity contribution is 0.359. The highest BCUT2D eigenvalue weighted by Crippen LogP contribution is 2.22. The zero-order valence-electron chi connectivity index (χ0n) is 8.64. The zero-order chi connectivity index (χ0) is 10.5. The summed E-state index contributed by atoms with van der Waals surface area (Å²) in [5, 5.41) is 0. The van der Waals surface area contributed by atoms with Crippen molar-refractivity contribution in [2.45, 2.75) is 46.5 Å². The number of halogens is 1. The maximum Gasteiger partial charge on any atom is 0.232 e. The van der Waals surface area contributed by atoms with Gasteiger partial charge in [0, 0.05) is 10.7 Å². The summed E-state index contributed by atoms with van der Waals surface area (Å²) in [6, 6.07) is 0. The molecule has 0 aliphatic heterocycles. The minimum absolute atomic E-state index is 0.110. The van der Waals surface area contributed by atoms with Gasteiger partial charge >= 0.3 is 0 Å². The molecule has 80 valence electrons. The zero-order valence-corrected chi connectivity index (χ0v) is 10.2. The van der Waals surface area contributed by atoms with Gasteiger partial charge in [-0.15, -0.1) is 0 Å². The van der Waals surface area contributed by atoms with Gasteiger partial charge in [-0.05, 0) is 18.3 Å². The summed E-state index contributed by atoms with van der Waals surface area (Å²) in [7, 11) is 1.81. The molecule has 0 saturated carbocycles. The fourth-order valence-electron chi connectivity index (χ4n) is 1.11. The molecule has 0 aromatic carbocycles. The van der Waals surface area contributed by atoms with E-state index < -0.39 is 9.05 Å². The topological polar surface area (TPSA) is 34.1 Å². The van der Waals surface area contributed by atoms with Crippen LogP contribution in [0.3, 0.4) is 0 Å². The Hall–Kier alpha value is 0.240. The fraction of sp³-hybridized carbons (Fsp3) is 1.00. The lowest BCUT2D eigenvalue weighted by atomic mass is 9.90. The average Bonchev–Trinajstić information content (AvgIpc) is 1.81. The molecule has 0 N–H and O–H groups in total. The molecule has 2 nitrogen and oxygen atoms in total. The third-order valence-corrected chi connectivity index (χ3v) is 3.05. The van der Waals surface area contributed by atoms with Crippen molar-refractivity contribution >= 4 is 19.7 Å². The molecule has 4 heteroatoms. The van der Waals surface area contributed by atoms with E-state index in [1.165, 1.54) is 0 Å². The summed E-state index contributed by atoms with van der Waals surface area (Å²) in [5.41, 5.74) is 0.347. The van der Waals surface area contributed by atoms with Gasteiger partial charge in [0.1, 0.15) is 0 Å². The van der Waals surface area contributed by atoms with E-state index in [0.29, 0.717) is 11.8 Å². The lowest BCUT2D eigenvalue weighted by Gasteiger charge is -2.17. The summed E-state index contributed by atoms with van der Waals surface area (Å²) in [6.45, 7) is 6.56. The molecule has 0 aliphatic carbocycles. The summed E-state index contributed by atoms with van der Waals surface area (Å²) in [4.78, 5) is 0. The van der Waals surface area contributed by atoms with Gasteiger partial charge in [-0.2, -0.15) is 0 Å². The standard InChI is InChI=1S/C9H19ClO2S/c1-9(2,3)7-5-4-6-8-13(10,11)12/h4-8H2,1-3H3. The number of hydrogen-bond donors (Lipinski definition) is 0. The smallest absolute Gasteiger partial charge is 0.212 e. The van der Waals surface area contributed by atoms with Crippen molar-refractivity contribution in [1.29, 1.82) is 0 Å². The van der Waals surface area contributed by atoms with Crippen LogP contribution in [-0.2, 0) is 9.05 Å². The lowest BCUT2D eigenvalue weighted by Crippen LogP contribution is -2.04. The molecule has 0 saturated heterocycles. The van der Waals surface area contributed by atoms with Crippen molar-refractivity contribution < 1.29 is 8.42 Å². The Balaban J connectivity index is 3.39. The van der Waals surface area contributed by atoms with Gasteiger partial charge in [0.2, 0.25) is 9.05 Å². The summed E-state index contributed by atoms with van der Waals surface area (Å²) < 4.78 is 21.1. The van der Waals surface area contributed by atoms with Crippen molar-refractivity contribution in [2.75, 3.05) is 5.75 Å². The van der Waals surface area contributed by atoms with E-state index in [1.807, 2.05) is 0 Å². The molecule has 0 aromatic heterocycles. The van der Waals surface area contributed by atoms with E-state index in [1.54, 1.807) is 0 Å². The molecule has 0 aromatic rings. The molecule has 0 heterocycles. The minimum Gasteiger partial charge on any atom is -0.212 e. The summed E-state index contributed by atoms with van der Waals surface area (Å²) >= 11 is 0. The summed E-state index contributed by atoms with van der Waals surface area (Å²) in [6.07, 6.45) is 3.84. The van der Waals surface area contributed by atoms with Crippen LogP contribution in [0.4, 0.5) is 0 Å². The van der Waals surface area contributed by atoms with Gasteiger partial charge in [0.25, 0.3) is 0 Å². The third kappa shape index (κ3) is 12.2. The van der Waals surface area contributed by atoms with Crippen molar-refractivity contribution in [3.63, 3.8) is 0 Å². The largest absolute Gasteiger partial charge is 0.232 e. The van der Waals surface area contributed by atoms with E-state index in [-0.39, 0.29) is 5.75 Å². The quantitative estimate of drug-likeness (QED) is 0.533. The average molecular weight is 227 g/mol. The maximum atomic E-state index is 10.6. The predicted octanol–water partition coefficient (Wildman–Crippen LogP) is 3.16. The Kier molecular flexibility index (Phi) is 5.30. The van der Waals surface area contributed by atoms with Crippen molar-refractivity contribution in [2.24, 2.45) is 5.41 Å². The van der Waals surface area contributed by atoms with E-state index in [0.717, 1.165) is 19.3 Å². The predicted molar refractivity (Wildman–Crippen MR) is 57.6 cm³/mol. The molecule has 0 rings (SSSR count). The second-order valence-electron chi connectivity index (χ2n) is 4.61. The van der Waals surface area contributed by atoms with Crippen LogP contribution < -0.4 is 0 Å². The Morgan fingerprint density at radius 2 is 1.62 bits per heavy atom. The molecule has 0 unspecified atom stereocenters. The molecule has 0 amide bonds. The number of unbranched alkanes of at least 4 members (excludes halogenated alkanes) is 2. The SMILES string of the molecule is CC(C)(C)CCCCCS(=O)(=O)Cl. The van der Waals surface area contributed by atoms with Crippen LogP contribution in [0.1, 0.15) is 46.5 Å². The van der Waals surface area contributed by atoms with E-state index in [4.69, 9.17) is 10.7 Å². The first-order valence-electron chi connectivity index (χ1n) is 4.63.